The van der Waals surface area contributed by atoms with Crippen molar-refractivity contribution >= 4 is 66.0 Å². The Hall–Kier alpha value is -2.18. The summed E-state index contributed by atoms with van der Waals surface area (Å²) in [6.07, 6.45) is 0. The summed E-state index contributed by atoms with van der Waals surface area (Å²) in [6.45, 7) is 7.83. The van der Waals surface area contributed by atoms with Gasteiger partial charge in [-0.25, -0.2) is 0 Å². The van der Waals surface area contributed by atoms with Gasteiger partial charge in [-0.15, -0.1) is 22.8 Å². The third-order valence-corrected chi connectivity index (χ3v) is 6.48. The van der Waals surface area contributed by atoms with Gasteiger partial charge < -0.3 is 10.6 Å². The second kappa shape index (κ2) is 8.88. The molecule has 144 valence electrons. The lowest BCUT2D eigenvalue weighted by molar-refractivity contribution is 1.39. The fraction of sp³-hybridized carbons (Fsp3) is 0.182. The summed E-state index contributed by atoms with van der Waals surface area (Å²) in [5.41, 5.74) is 6.54. The zero-order valence-electron chi connectivity index (χ0n) is 16.2. The number of hydrogen-bond acceptors (Lipinski definition) is 2. The quantitative estimate of drug-likeness (QED) is 0.347. The normalized spacial score (nSPS) is 20.6. The van der Waals surface area contributed by atoms with Crippen molar-refractivity contribution in [3.63, 3.8) is 0 Å². The van der Waals surface area contributed by atoms with Gasteiger partial charge >= 0.3 is 0 Å². The summed E-state index contributed by atoms with van der Waals surface area (Å²) in [7, 11) is 0. The molecule has 0 amide bonds. The van der Waals surface area contributed by atoms with Gasteiger partial charge in [-0.1, -0.05) is 82.1 Å². The van der Waals surface area contributed by atoms with Crippen molar-refractivity contribution in [2.75, 3.05) is 0 Å². The molecule has 1 heterocycles. The minimum absolute atomic E-state index is 0.802. The van der Waals surface area contributed by atoms with Gasteiger partial charge in [-0.05, 0) is 26.0 Å². The van der Waals surface area contributed by atoms with Gasteiger partial charge in [0.05, 0.1) is 11.4 Å². The van der Waals surface area contributed by atoms with Gasteiger partial charge in [0.1, 0.15) is 0 Å². The van der Waals surface area contributed by atoms with Gasteiger partial charge in [0.2, 0.25) is 0 Å². The van der Waals surface area contributed by atoms with Crippen molar-refractivity contribution in [3.05, 3.63) is 79.5 Å². The van der Waals surface area contributed by atoms with Crippen LogP contribution in [0.3, 0.4) is 0 Å². The SMILES string of the molecule is CC1=Nc2ccccc2[N-]/C(C)=C(/Br)C(C)=Nc2ccccc2[N-]/C(C)=C\1Br. The van der Waals surface area contributed by atoms with E-state index >= 15 is 0 Å². The Morgan fingerprint density at radius 1 is 0.607 bits per heavy atom. The van der Waals surface area contributed by atoms with Crippen LogP contribution in [-0.4, -0.2) is 11.4 Å². The number of rotatable bonds is 0. The second-order valence-corrected chi connectivity index (χ2v) is 7.98. The Morgan fingerprint density at radius 3 is 1.36 bits per heavy atom. The molecule has 0 aliphatic carbocycles. The van der Waals surface area contributed by atoms with Crippen molar-refractivity contribution in [3.8, 4) is 0 Å². The molecule has 0 N–H and O–H groups in total. The van der Waals surface area contributed by atoms with E-state index in [4.69, 9.17) is 20.6 Å². The van der Waals surface area contributed by atoms with Gasteiger partial charge in [0.15, 0.2) is 0 Å². The number of aliphatic imine (C=N–C) groups is 2. The first-order chi connectivity index (χ1) is 13.4. The summed E-state index contributed by atoms with van der Waals surface area (Å²) in [4.78, 5) is 9.57. The van der Waals surface area contributed by atoms with Gasteiger partial charge in [-0.3, -0.25) is 9.98 Å². The summed E-state index contributed by atoms with van der Waals surface area (Å²) in [5.74, 6) is 0. The molecule has 1 aliphatic rings. The van der Waals surface area contributed by atoms with E-state index in [1.807, 2.05) is 76.2 Å². The first-order valence-corrected chi connectivity index (χ1v) is 10.4. The molecule has 2 aromatic carbocycles. The van der Waals surface area contributed by atoms with E-state index in [1.165, 1.54) is 0 Å². The number of fused-ring (bicyclic) bond motifs is 2. The fourth-order valence-electron chi connectivity index (χ4n) is 2.75. The van der Waals surface area contributed by atoms with Crippen LogP contribution in [0.25, 0.3) is 10.6 Å². The van der Waals surface area contributed by atoms with Crippen molar-refractivity contribution in [1.29, 1.82) is 0 Å². The van der Waals surface area contributed by atoms with Crippen molar-refractivity contribution in [2.45, 2.75) is 27.7 Å². The molecule has 0 unspecified atom stereocenters. The van der Waals surface area contributed by atoms with Crippen LogP contribution in [0.1, 0.15) is 27.7 Å². The minimum Gasteiger partial charge on any atom is -0.659 e. The number of benzene rings is 2. The first kappa shape index (κ1) is 20.6. The summed E-state index contributed by atoms with van der Waals surface area (Å²) >= 11 is 7.31. The molecule has 0 atom stereocenters. The average Bonchev–Trinajstić information content (AvgIpc) is 2.68. The van der Waals surface area contributed by atoms with E-state index in [-0.39, 0.29) is 0 Å². The van der Waals surface area contributed by atoms with Crippen LogP contribution in [0, 0.1) is 0 Å². The second-order valence-electron chi connectivity index (χ2n) is 6.39. The molecule has 0 saturated heterocycles. The molecule has 3 rings (SSSR count). The molecular formula is C22H20Br2N4-2. The molecule has 0 aromatic heterocycles. The highest BCUT2D eigenvalue weighted by Gasteiger charge is 2.04. The maximum Gasteiger partial charge on any atom is 0.0505 e. The Labute approximate surface area is 182 Å². The van der Waals surface area contributed by atoms with Crippen LogP contribution < -0.4 is 0 Å². The van der Waals surface area contributed by atoms with E-state index in [0.717, 1.165) is 54.5 Å². The van der Waals surface area contributed by atoms with Gasteiger partial charge in [0, 0.05) is 20.3 Å². The van der Waals surface area contributed by atoms with Crippen molar-refractivity contribution < 1.29 is 0 Å². The highest BCUT2D eigenvalue weighted by atomic mass is 79.9. The smallest absolute Gasteiger partial charge is 0.0505 e. The Morgan fingerprint density at radius 2 is 0.964 bits per heavy atom. The van der Waals surface area contributed by atoms with E-state index in [0.29, 0.717) is 0 Å². The lowest BCUT2D eigenvalue weighted by Gasteiger charge is -2.29. The molecule has 0 bridgehead atoms. The van der Waals surface area contributed by atoms with Crippen LogP contribution in [0.15, 0.2) is 78.9 Å². The van der Waals surface area contributed by atoms with Crippen LogP contribution in [0.5, 0.6) is 0 Å². The zero-order valence-corrected chi connectivity index (χ0v) is 19.3. The minimum atomic E-state index is 0.802. The standard InChI is InChI=1S/C22H20Br2N4/c1-13-21(23)14(2)26-19-11-7-8-12-20(19)28-16(4)22(24)15(3)27-18-10-6-5-9-17(18)25-13/h5-12H,1-4H3/q-2/b21-13+,22-16+,26-14?,27-15?. The van der Waals surface area contributed by atoms with E-state index in [9.17, 15) is 0 Å². The predicted octanol–water partition coefficient (Wildman–Crippen LogP) is 8.85. The van der Waals surface area contributed by atoms with Crippen LogP contribution in [0.2, 0.25) is 0 Å². The summed E-state index contributed by atoms with van der Waals surface area (Å²) < 4.78 is 1.70. The van der Waals surface area contributed by atoms with E-state index < -0.39 is 0 Å². The summed E-state index contributed by atoms with van der Waals surface area (Å²) in [5, 5.41) is 9.57. The third-order valence-electron chi connectivity index (χ3n) is 4.19. The first-order valence-electron chi connectivity index (χ1n) is 8.82. The number of halogens is 2. The molecular weight excluding hydrogens is 480 g/mol. The monoisotopic (exact) mass is 498 g/mol. The molecule has 4 nitrogen and oxygen atoms in total. The van der Waals surface area contributed by atoms with Gasteiger partial charge in [0.25, 0.3) is 0 Å². The molecule has 0 saturated carbocycles. The topological polar surface area (TPSA) is 52.9 Å². The maximum absolute atomic E-state index is 4.78. The highest BCUT2D eigenvalue weighted by Crippen LogP contribution is 2.40. The molecule has 1 aliphatic heterocycles. The van der Waals surface area contributed by atoms with Crippen molar-refractivity contribution in [2.24, 2.45) is 9.98 Å². The zero-order chi connectivity index (χ0) is 20.3. The Kier molecular flexibility index (Phi) is 6.52. The van der Waals surface area contributed by atoms with Crippen LogP contribution in [-0.2, 0) is 0 Å². The van der Waals surface area contributed by atoms with E-state index in [2.05, 4.69) is 31.9 Å². The number of nitrogens with zero attached hydrogens (tertiary/aromatic N) is 4. The Bertz CT molecular complexity index is 949. The lowest BCUT2D eigenvalue weighted by Crippen LogP contribution is -1.96. The van der Waals surface area contributed by atoms with E-state index in [1.54, 1.807) is 0 Å². The molecule has 6 heteroatoms. The summed E-state index contributed by atoms with van der Waals surface area (Å²) in [6, 6.07) is 15.7. The number of hydrogen-bond donors (Lipinski definition) is 0. The van der Waals surface area contributed by atoms with Crippen LogP contribution in [0.4, 0.5) is 22.7 Å². The molecule has 0 radical (unpaired) electrons. The number of allylic oxidation sites excluding steroid dienone is 4. The van der Waals surface area contributed by atoms with Gasteiger partial charge in [-0.2, -0.15) is 0 Å². The average molecular weight is 500 g/mol. The molecule has 2 aromatic rings. The predicted molar refractivity (Wildman–Crippen MR) is 128 cm³/mol. The van der Waals surface area contributed by atoms with Crippen molar-refractivity contribution in [1.82, 2.24) is 0 Å². The Balaban J connectivity index is 2.23. The fourth-order valence-corrected chi connectivity index (χ4v) is 3.10. The molecule has 0 fully saturated rings. The maximum atomic E-state index is 4.78. The molecule has 28 heavy (non-hydrogen) atoms. The third kappa shape index (κ3) is 4.62. The lowest BCUT2D eigenvalue weighted by atomic mass is 10.2. The molecule has 0 spiro atoms. The number of para-hydroxylation sites is 4. The largest absolute Gasteiger partial charge is 0.659 e. The highest BCUT2D eigenvalue weighted by molar-refractivity contribution is 9.12. The van der Waals surface area contributed by atoms with Crippen LogP contribution >= 0.6 is 31.9 Å².